The van der Waals surface area contributed by atoms with Gasteiger partial charge in [-0.15, -0.1) is 0 Å². The summed E-state index contributed by atoms with van der Waals surface area (Å²) in [6, 6.07) is 1.99. The van der Waals surface area contributed by atoms with Crippen molar-refractivity contribution in [2.45, 2.75) is 96.7 Å². The van der Waals surface area contributed by atoms with Gasteiger partial charge in [0.25, 0.3) is 0 Å². The molecule has 5 rings (SSSR count). The van der Waals surface area contributed by atoms with E-state index in [9.17, 15) is 10.2 Å². The molecule has 2 N–H and O–H groups in total. The number of hydrogen-bond acceptors (Lipinski definition) is 4. The Hall–Kier alpha value is -0.870. The highest BCUT2D eigenvalue weighted by Gasteiger charge is 2.61. The van der Waals surface area contributed by atoms with E-state index in [1.807, 2.05) is 6.07 Å². The fourth-order valence-corrected chi connectivity index (χ4v) is 8.47. The standard InChI is InChI=1S/C24H37NO3/c1-22(27)10-11-23(2)15(13-22)4-5-17-18-6-7-20(21-12-16(14-26)25-28-21)24(18,3)9-8-19(17)23/h12,15,17-20,26-27H,4-11,13-14H2,1-3H3/t15?,17?,18?,19?,20-,22-,23+,24+/m1/s1. The highest BCUT2D eigenvalue weighted by molar-refractivity contribution is 5.19. The fraction of sp³-hybridized carbons (Fsp3) is 0.875. The smallest absolute Gasteiger partial charge is 0.140 e. The average molecular weight is 388 g/mol. The van der Waals surface area contributed by atoms with Gasteiger partial charge in [-0.2, -0.15) is 0 Å². The van der Waals surface area contributed by atoms with Gasteiger partial charge >= 0.3 is 0 Å². The molecule has 1 heterocycles. The fourth-order valence-electron chi connectivity index (χ4n) is 8.47. The van der Waals surface area contributed by atoms with Crippen LogP contribution in [0.1, 0.15) is 95.9 Å². The van der Waals surface area contributed by atoms with Gasteiger partial charge in [0.05, 0.1) is 12.2 Å². The Balaban J connectivity index is 1.41. The predicted octanol–water partition coefficient (Wildman–Crippen LogP) is 5.04. The highest BCUT2D eigenvalue weighted by Crippen LogP contribution is 2.69. The van der Waals surface area contributed by atoms with Gasteiger partial charge in [-0.3, -0.25) is 0 Å². The van der Waals surface area contributed by atoms with Crippen molar-refractivity contribution in [3.63, 3.8) is 0 Å². The van der Waals surface area contributed by atoms with Crippen LogP contribution in [0.3, 0.4) is 0 Å². The summed E-state index contributed by atoms with van der Waals surface area (Å²) in [5, 5.41) is 24.1. The van der Waals surface area contributed by atoms with Crippen LogP contribution in [0, 0.1) is 34.5 Å². The second-order valence-electron chi connectivity index (χ2n) is 11.4. The van der Waals surface area contributed by atoms with Crippen LogP contribution in [0.4, 0.5) is 0 Å². The van der Waals surface area contributed by atoms with E-state index in [1.54, 1.807) is 0 Å². The molecule has 4 nitrogen and oxygen atoms in total. The number of fused-ring (bicyclic) bond motifs is 5. The van der Waals surface area contributed by atoms with Crippen molar-refractivity contribution in [3.05, 3.63) is 17.5 Å². The third-order valence-corrected chi connectivity index (χ3v) is 10.0. The van der Waals surface area contributed by atoms with Crippen LogP contribution in [0.5, 0.6) is 0 Å². The third-order valence-electron chi connectivity index (χ3n) is 10.0. The third kappa shape index (κ3) is 2.66. The monoisotopic (exact) mass is 387 g/mol. The zero-order valence-corrected chi connectivity index (χ0v) is 17.8. The largest absolute Gasteiger partial charge is 0.390 e. The van der Waals surface area contributed by atoms with Gasteiger partial charge in [0.1, 0.15) is 11.5 Å². The Bertz CT molecular complexity index is 742. The molecule has 0 spiro atoms. The minimum Gasteiger partial charge on any atom is -0.390 e. The average Bonchev–Trinajstić information content (AvgIpc) is 3.25. The number of hydrogen-bond donors (Lipinski definition) is 2. The van der Waals surface area contributed by atoms with Crippen LogP contribution in [0.2, 0.25) is 0 Å². The minimum atomic E-state index is -0.449. The maximum Gasteiger partial charge on any atom is 0.140 e. The maximum atomic E-state index is 10.7. The van der Waals surface area contributed by atoms with Gasteiger partial charge in [0.15, 0.2) is 0 Å². The molecule has 0 saturated heterocycles. The molecule has 0 bridgehead atoms. The first-order valence-corrected chi connectivity index (χ1v) is 11.6. The summed E-state index contributed by atoms with van der Waals surface area (Å²) in [6.45, 7) is 7.08. The van der Waals surface area contributed by atoms with Crippen molar-refractivity contribution in [2.75, 3.05) is 0 Å². The van der Waals surface area contributed by atoms with Crippen LogP contribution < -0.4 is 0 Å². The number of aliphatic hydroxyl groups is 2. The van der Waals surface area contributed by atoms with Crippen molar-refractivity contribution in [1.82, 2.24) is 5.16 Å². The first kappa shape index (κ1) is 19.1. The van der Waals surface area contributed by atoms with E-state index in [0.717, 1.165) is 36.4 Å². The number of aromatic nitrogens is 1. The quantitative estimate of drug-likeness (QED) is 0.746. The van der Waals surface area contributed by atoms with Crippen LogP contribution in [-0.4, -0.2) is 21.0 Å². The normalized spacial score (nSPS) is 50.7. The zero-order valence-electron chi connectivity index (χ0n) is 17.8. The summed E-state index contributed by atoms with van der Waals surface area (Å²) in [4.78, 5) is 0. The maximum absolute atomic E-state index is 10.7. The summed E-state index contributed by atoms with van der Waals surface area (Å²) in [6.07, 6.45) is 10.9. The molecular formula is C24H37NO3. The molecule has 1 aromatic heterocycles. The molecule has 4 heteroatoms. The van der Waals surface area contributed by atoms with Gasteiger partial charge < -0.3 is 14.7 Å². The van der Waals surface area contributed by atoms with Gasteiger partial charge in [0.2, 0.25) is 0 Å². The molecule has 4 saturated carbocycles. The van der Waals surface area contributed by atoms with E-state index in [-0.39, 0.29) is 6.61 Å². The van der Waals surface area contributed by atoms with Gasteiger partial charge in [-0.05, 0) is 99.2 Å². The SMILES string of the molecule is C[C@@]1(O)CC[C@@]2(C)C(CCC3C2CC[C@@]2(C)C3CC[C@@H]2c2cc(CO)no2)C1. The van der Waals surface area contributed by atoms with E-state index in [0.29, 0.717) is 28.4 Å². The molecule has 0 aliphatic heterocycles. The van der Waals surface area contributed by atoms with Crippen molar-refractivity contribution < 1.29 is 14.7 Å². The summed E-state index contributed by atoms with van der Waals surface area (Å²) >= 11 is 0. The van der Waals surface area contributed by atoms with Crippen LogP contribution >= 0.6 is 0 Å². The lowest BCUT2D eigenvalue weighted by molar-refractivity contribution is -0.144. The molecule has 0 amide bonds. The first-order chi connectivity index (χ1) is 13.3. The topological polar surface area (TPSA) is 66.5 Å². The molecule has 4 unspecified atom stereocenters. The molecule has 4 aliphatic carbocycles. The van der Waals surface area contributed by atoms with Gasteiger partial charge in [-0.25, -0.2) is 0 Å². The molecule has 8 atom stereocenters. The van der Waals surface area contributed by atoms with E-state index in [4.69, 9.17) is 4.52 Å². The lowest BCUT2D eigenvalue weighted by Gasteiger charge is -2.61. The second-order valence-corrected chi connectivity index (χ2v) is 11.4. The molecular weight excluding hydrogens is 350 g/mol. The van der Waals surface area contributed by atoms with Gasteiger partial charge in [0, 0.05) is 12.0 Å². The van der Waals surface area contributed by atoms with Crippen molar-refractivity contribution in [3.8, 4) is 0 Å². The first-order valence-electron chi connectivity index (χ1n) is 11.6. The molecule has 156 valence electrons. The Morgan fingerprint density at radius 1 is 1.00 bits per heavy atom. The lowest BCUT2D eigenvalue weighted by Crippen LogP contribution is -2.55. The molecule has 4 aliphatic rings. The molecule has 1 aromatic rings. The van der Waals surface area contributed by atoms with Crippen LogP contribution in [0.15, 0.2) is 10.6 Å². The molecule has 0 radical (unpaired) electrons. The lowest BCUT2D eigenvalue weighted by atomic mass is 9.44. The molecule has 0 aromatic carbocycles. The number of nitrogens with zero attached hydrogens (tertiary/aromatic N) is 1. The van der Waals surface area contributed by atoms with Crippen LogP contribution in [0.25, 0.3) is 0 Å². The summed E-state index contributed by atoms with van der Waals surface area (Å²) in [7, 11) is 0. The predicted molar refractivity (Wildman–Crippen MR) is 108 cm³/mol. The van der Waals surface area contributed by atoms with Crippen LogP contribution in [-0.2, 0) is 6.61 Å². The van der Waals surface area contributed by atoms with Crippen molar-refractivity contribution in [2.24, 2.45) is 34.5 Å². The zero-order chi connectivity index (χ0) is 19.7. The van der Waals surface area contributed by atoms with E-state index < -0.39 is 5.60 Å². The van der Waals surface area contributed by atoms with Crippen molar-refractivity contribution >= 4 is 0 Å². The van der Waals surface area contributed by atoms with E-state index >= 15 is 0 Å². The van der Waals surface area contributed by atoms with E-state index in [1.165, 1.54) is 44.9 Å². The summed E-state index contributed by atoms with van der Waals surface area (Å²) in [5.41, 5.74) is 0.936. The summed E-state index contributed by atoms with van der Waals surface area (Å²) in [5.74, 6) is 4.57. The highest BCUT2D eigenvalue weighted by atomic mass is 16.5. The van der Waals surface area contributed by atoms with E-state index in [2.05, 4.69) is 25.9 Å². The summed E-state index contributed by atoms with van der Waals surface area (Å²) < 4.78 is 5.68. The number of rotatable bonds is 2. The Labute approximate surface area is 169 Å². The Kier molecular flexibility index (Phi) is 4.31. The Morgan fingerprint density at radius 3 is 2.54 bits per heavy atom. The minimum absolute atomic E-state index is 0.0371. The molecule has 28 heavy (non-hydrogen) atoms. The number of aliphatic hydroxyl groups excluding tert-OH is 1. The van der Waals surface area contributed by atoms with Crippen molar-refractivity contribution in [1.29, 1.82) is 0 Å². The molecule has 4 fully saturated rings. The van der Waals surface area contributed by atoms with Gasteiger partial charge in [-0.1, -0.05) is 19.0 Å². The second kappa shape index (κ2) is 6.31. The Morgan fingerprint density at radius 2 is 1.79 bits per heavy atom.